The van der Waals surface area contributed by atoms with Gasteiger partial charge < -0.3 is 15.2 Å². The number of ether oxygens (including phenoxy) is 2. The van der Waals surface area contributed by atoms with Crippen molar-refractivity contribution in [2.75, 3.05) is 14.2 Å². The second kappa shape index (κ2) is 4.14. The van der Waals surface area contributed by atoms with Gasteiger partial charge in [0.15, 0.2) is 17.3 Å². The molecule has 4 nitrogen and oxygen atoms in total. The molecular weight excluding hydrogens is 206 g/mol. The highest BCUT2D eigenvalue weighted by Gasteiger charge is 2.26. The molecule has 1 aromatic carbocycles. The molecular formula is C12H15NO3. The summed E-state index contributed by atoms with van der Waals surface area (Å²) in [5.74, 6) is 1.22. The molecule has 1 aromatic rings. The van der Waals surface area contributed by atoms with Gasteiger partial charge in [-0.05, 0) is 30.5 Å². The number of ketones is 1. The zero-order chi connectivity index (χ0) is 11.7. The van der Waals surface area contributed by atoms with E-state index in [0.717, 1.165) is 12.0 Å². The minimum Gasteiger partial charge on any atom is -0.493 e. The van der Waals surface area contributed by atoms with Crippen LogP contribution in [0.2, 0.25) is 0 Å². The topological polar surface area (TPSA) is 61.5 Å². The summed E-state index contributed by atoms with van der Waals surface area (Å²) in [7, 11) is 3.14. The first-order valence-corrected chi connectivity index (χ1v) is 5.22. The number of carbonyl (C=O) groups excluding carboxylic acids is 1. The normalized spacial score (nSPS) is 19.2. The summed E-state index contributed by atoms with van der Waals surface area (Å²) in [5.41, 5.74) is 7.39. The van der Waals surface area contributed by atoms with Crippen molar-refractivity contribution in [2.45, 2.75) is 18.9 Å². The molecule has 0 saturated heterocycles. The molecule has 2 rings (SSSR count). The zero-order valence-electron chi connectivity index (χ0n) is 9.45. The molecule has 1 aliphatic carbocycles. The lowest BCUT2D eigenvalue weighted by Crippen LogP contribution is -2.35. The summed E-state index contributed by atoms with van der Waals surface area (Å²) in [4.78, 5) is 11.9. The maximum Gasteiger partial charge on any atom is 0.179 e. The molecule has 4 heteroatoms. The Morgan fingerprint density at radius 1 is 1.25 bits per heavy atom. The fourth-order valence-corrected chi connectivity index (χ4v) is 2.00. The molecule has 0 aliphatic heterocycles. The molecule has 0 radical (unpaired) electrons. The average Bonchev–Trinajstić information content (AvgIpc) is 2.32. The average molecular weight is 221 g/mol. The van der Waals surface area contributed by atoms with Crippen LogP contribution in [0.15, 0.2) is 12.1 Å². The van der Waals surface area contributed by atoms with Crippen LogP contribution < -0.4 is 15.2 Å². The highest BCUT2D eigenvalue weighted by molar-refractivity contribution is 6.02. The van der Waals surface area contributed by atoms with Gasteiger partial charge in [0, 0.05) is 5.56 Å². The quantitative estimate of drug-likeness (QED) is 0.814. The number of rotatable bonds is 2. The lowest BCUT2D eigenvalue weighted by atomic mass is 9.87. The van der Waals surface area contributed by atoms with Gasteiger partial charge in [0.2, 0.25) is 0 Å². The molecule has 1 unspecified atom stereocenters. The highest BCUT2D eigenvalue weighted by Crippen LogP contribution is 2.33. The van der Waals surface area contributed by atoms with Gasteiger partial charge in [-0.15, -0.1) is 0 Å². The summed E-state index contributed by atoms with van der Waals surface area (Å²) < 4.78 is 10.4. The molecule has 86 valence electrons. The van der Waals surface area contributed by atoms with E-state index in [9.17, 15) is 4.79 Å². The molecule has 0 amide bonds. The Balaban J connectivity index is 2.52. The van der Waals surface area contributed by atoms with Crippen molar-refractivity contribution in [3.63, 3.8) is 0 Å². The van der Waals surface area contributed by atoms with Crippen LogP contribution in [0, 0.1) is 0 Å². The maximum absolute atomic E-state index is 11.9. The van der Waals surface area contributed by atoms with E-state index in [1.54, 1.807) is 20.3 Å². The molecule has 0 aromatic heterocycles. The van der Waals surface area contributed by atoms with Crippen LogP contribution >= 0.6 is 0 Å². The van der Waals surface area contributed by atoms with E-state index in [2.05, 4.69) is 0 Å². The minimum atomic E-state index is -0.384. The third-order valence-electron chi connectivity index (χ3n) is 2.94. The van der Waals surface area contributed by atoms with E-state index in [4.69, 9.17) is 15.2 Å². The van der Waals surface area contributed by atoms with Gasteiger partial charge in [-0.1, -0.05) is 0 Å². The Morgan fingerprint density at radius 2 is 1.88 bits per heavy atom. The Kier molecular flexibility index (Phi) is 2.83. The molecule has 0 saturated carbocycles. The molecule has 16 heavy (non-hydrogen) atoms. The first-order chi connectivity index (χ1) is 7.67. The largest absolute Gasteiger partial charge is 0.493 e. The summed E-state index contributed by atoms with van der Waals surface area (Å²) >= 11 is 0. The molecule has 0 spiro atoms. The monoisotopic (exact) mass is 221 g/mol. The van der Waals surface area contributed by atoms with Crippen LogP contribution in [0.1, 0.15) is 22.3 Å². The summed E-state index contributed by atoms with van der Waals surface area (Å²) in [5, 5.41) is 0. The Labute approximate surface area is 94.3 Å². The molecule has 1 aliphatic rings. The maximum atomic E-state index is 11.9. The fourth-order valence-electron chi connectivity index (χ4n) is 2.00. The predicted molar refractivity (Wildman–Crippen MR) is 60.2 cm³/mol. The van der Waals surface area contributed by atoms with E-state index in [0.29, 0.717) is 23.5 Å². The number of Topliss-reactive ketones (excluding diaryl/α,β-unsaturated/α-hetero) is 1. The van der Waals surface area contributed by atoms with Crippen LogP contribution in [-0.2, 0) is 6.42 Å². The summed E-state index contributed by atoms with van der Waals surface area (Å²) in [6.07, 6.45) is 1.50. The van der Waals surface area contributed by atoms with Crippen molar-refractivity contribution in [2.24, 2.45) is 5.73 Å². The van der Waals surface area contributed by atoms with E-state index < -0.39 is 0 Å². The Morgan fingerprint density at radius 3 is 2.50 bits per heavy atom. The van der Waals surface area contributed by atoms with Gasteiger partial charge in [-0.3, -0.25) is 4.79 Å². The molecule has 0 fully saturated rings. The third kappa shape index (κ3) is 1.65. The second-order valence-corrected chi connectivity index (χ2v) is 3.87. The van der Waals surface area contributed by atoms with Crippen molar-refractivity contribution in [3.8, 4) is 11.5 Å². The van der Waals surface area contributed by atoms with Crippen molar-refractivity contribution in [1.82, 2.24) is 0 Å². The summed E-state index contributed by atoms with van der Waals surface area (Å²) in [6.45, 7) is 0. The standard InChI is InChI=1S/C12H15NO3/c1-15-10-5-7-3-4-9(13)12(14)8(7)6-11(10)16-2/h5-6,9H,3-4,13H2,1-2H3. The highest BCUT2D eigenvalue weighted by atomic mass is 16.5. The van der Waals surface area contributed by atoms with Crippen molar-refractivity contribution >= 4 is 5.78 Å². The SMILES string of the molecule is COc1cc2c(cc1OC)C(=O)C(N)CC2. The van der Waals surface area contributed by atoms with Crippen molar-refractivity contribution < 1.29 is 14.3 Å². The Bertz CT molecular complexity index is 429. The second-order valence-electron chi connectivity index (χ2n) is 3.87. The number of fused-ring (bicyclic) bond motifs is 1. The lowest BCUT2D eigenvalue weighted by Gasteiger charge is -2.21. The van der Waals surface area contributed by atoms with Crippen LogP contribution in [0.5, 0.6) is 11.5 Å². The Hall–Kier alpha value is -1.55. The number of benzene rings is 1. The first-order valence-electron chi connectivity index (χ1n) is 5.22. The van der Waals surface area contributed by atoms with E-state index in [-0.39, 0.29) is 11.8 Å². The fraction of sp³-hybridized carbons (Fsp3) is 0.417. The van der Waals surface area contributed by atoms with Gasteiger partial charge in [-0.2, -0.15) is 0 Å². The molecule has 1 atom stereocenters. The van der Waals surface area contributed by atoms with Gasteiger partial charge in [0.05, 0.1) is 20.3 Å². The number of aryl methyl sites for hydroxylation is 1. The molecule has 0 heterocycles. The zero-order valence-corrected chi connectivity index (χ0v) is 9.45. The molecule has 2 N–H and O–H groups in total. The number of carbonyl (C=O) groups is 1. The lowest BCUT2D eigenvalue weighted by molar-refractivity contribution is 0.0948. The third-order valence-corrected chi connectivity index (χ3v) is 2.94. The first kappa shape index (κ1) is 11.0. The number of hydrogen-bond donors (Lipinski definition) is 1. The van der Waals surface area contributed by atoms with Crippen LogP contribution in [0.4, 0.5) is 0 Å². The van der Waals surface area contributed by atoms with Crippen molar-refractivity contribution in [3.05, 3.63) is 23.3 Å². The van der Waals surface area contributed by atoms with Crippen LogP contribution in [0.25, 0.3) is 0 Å². The molecule has 0 bridgehead atoms. The van der Waals surface area contributed by atoms with Gasteiger partial charge in [0.1, 0.15) is 0 Å². The van der Waals surface area contributed by atoms with Gasteiger partial charge >= 0.3 is 0 Å². The minimum absolute atomic E-state index is 0.0118. The van der Waals surface area contributed by atoms with E-state index >= 15 is 0 Å². The van der Waals surface area contributed by atoms with Gasteiger partial charge in [0.25, 0.3) is 0 Å². The smallest absolute Gasteiger partial charge is 0.179 e. The van der Waals surface area contributed by atoms with E-state index in [1.807, 2.05) is 6.07 Å². The van der Waals surface area contributed by atoms with Gasteiger partial charge in [-0.25, -0.2) is 0 Å². The number of hydrogen-bond acceptors (Lipinski definition) is 4. The predicted octanol–water partition coefficient (Wildman–Crippen LogP) is 1.16. The van der Waals surface area contributed by atoms with E-state index in [1.165, 1.54) is 0 Å². The van der Waals surface area contributed by atoms with Crippen LogP contribution in [0.3, 0.4) is 0 Å². The van der Waals surface area contributed by atoms with Crippen LogP contribution in [-0.4, -0.2) is 26.0 Å². The number of nitrogens with two attached hydrogens (primary N) is 1. The summed E-state index contributed by atoms with van der Waals surface area (Å²) in [6, 6.07) is 3.19. The number of methoxy groups -OCH3 is 2. The van der Waals surface area contributed by atoms with Crippen molar-refractivity contribution in [1.29, 1.82) is 0 Å².